The van der Waals surface area contributed by atoms with Gasteiger partial charge in [-0.05, 0) is 24.6 Å². The lowest BCUT2D eigenvalue weighted by Gasteiger charge is -2.14. The van der Waals surface area contributed by atoms with Gasteiger partial charge in [0.2, 0.25) is 5.75 Å². The summed E-state index contributed by atoms with van der Waals surface area (Å²) in [5.74, 6) is 1.95. The van der Waals surface area contributed by atoms with Gasteiger partial charge in [-0.25, -0.2) is 0 Å². The second kappa shape index (κ2) is 8.61. The third-order valence-electron chi connectivity index (χ3n) is 2.68. The van der Waals surface area contributed by atoms with E-state index in [0.717, 1.165) is 25.3 Å². The van der Waals surface area contributed by atoms with E-state index in [1.807, 2.05) is 19.1 Å². The molecule has 0 aliphatic heterocycles. The first-order chi connectivity index (χ1) is 9.26. The predicted molar refractivity (Wildman–Crippen MR) is 74.3 cm³/mol. The van der Waals surface area contributed by atoms with Gasteiger partial charge in [0.15, 0.2) is 11.5 Å². The number of hydrogen-bond acceptors (Lipinski definition) is 5. The number of rotatable bonds is 9. The van der Waals surface area contributed by atoms with Crippen LogP contribution >= 0.6 is 0 Å². The van der Waals surface area contributed by atoms with Crippen LogP contribution in [-0.2, 0) is 11.3 Å². The van der Waals surface area contributed by atoms with E-state index < -0.39 is 0 Å². The van der Waals surface area contributed by atoms with Crippen molar-refractivity contribution in [3.05, 3.63) is 17.7 Å². The molecular weight excluding hydrogens is 246 g/mol. The molecule has 5 heteroatoms. The molecular formula is C14H23NO4. The molecule has 0 saturated heterocycles. The van der Waals surface area contributed by atoms with Crippen LogP contribution in [0, 0.1) is 0 Å². The van der Waals surface area contributed by atoms with Crippen LogP contribution < -0.4 is 19.5 Å². The zero-order valence-corrected chi connectivity index (χ0v) is 12.1. The fraction of sp³-hybridized carbons (Fsp3) is 0.571. The lowest BCUT2D eigenvalue weighted by atomic mass is 10.2. The molecule has 0 amide bonds. The Hall–Kier alpha value is -1.46. The lowest BCUT2D eigenvalue weighted by molar-refractivity contribution is 0.149. The fourth-order valence-electron chi connectivity index (χ4n) is 1.76. The van der Waals surface area contributed by atoms with Gasteiger partial charge < -0.3 is 24.3 Å². The molecule has 0 unspecified atom stereocenters. The zero-order chi connectivity index (χ0) is 14.1. The first kappa shape index (κ1) is 15.6. The molecule has 0 saturated carbocycles. The van der Waals surface area contributed by atoms with Crippen LogP contribution in [0.5, 0.6) is 17.2 Å². The average Bonchev–Trinajstić information content (AvgIpc) is 2.45. The van der Waals surface area contributed by atoms with Crippen molar-refractivity contribution >= 4 is 0 Å². The number of nitrogens with one attached hydrogen (secondary N) is 1. The highest BCUT2D eigenvalue weighted by atomic mass is 16.5. The van der Waals surface area contributed by atoms with Crippen LogP contribution in [0.4, 0.5) is 0 Å². The van der Waals surface area contributed by atoms with Crippen molar-refractivity contribution in [3.63, 3.8) is 0 Å². The van der Waals surface area contributed by atoms with Crippen LogP contribution in [-0.4, -0.2) is 41.1 Å². The molecule has 0 fully saturated rings. The Bertz CT molecular complexity index is 357. The van der Waals surface area contributed by atoms with Crippen molar-refractivity contribution in [1.29, 1.82) is 0 Å². The Morgan fingerprint density at radius 2 is 1.63 bits per heavy atom. The summed E-state index contributed by atoms with van der Waals surface area (Å²) in [5, 5.41) is 3.30. The number of benzene rings is 1. The largest absolute Gasteiger partial charge is 0.493 e. The van der Waals surface area contributed by atoms with Gasteiger partial charge in [0.25, 0.3) is 0 Å². The van der Waals surface area contributed by atoms with E-state index in [1.165, 1.54) is 0 Å². The van der Waals surface area contributed by atoms with E-state index >= 15 is 0 Å². The van der Waals surface area contributed by atoms with E-state index in [-0.39, 0.29) is 0 Å². The molecule has 19 heavy (non-hydrogen) atoms. The van der Waals surface area contributed by atoms with E-state index in [2.05, 4.69) is 5.32 Å². The second-order valence-corrected chi connectivity index (χ2v) is 3.91. The molecule has 1 aromatic rings. The molecule has 1 rings (SSSR count). The highest BCUT2D eigenvalue weighted by Crippen LogP contribution is 2.38. The smallest absolute Gasteiger partial charge is 0.203 e. The third kappa shape index (κ3) is 4.61. The Kier molecular flexibility index (Phi) is 7.07. The third-order valence-corrected chi connectivity index (χ3v) is 2.68. The summed E-state index contributed by atoms with van der Waals surface area (Å²) in [5.41, 5.74) is 1.07. The predicted octanol–water partition coefficient (Wildman–Crippen LogP) is 1.84. The zero-order valence-electron chi connectivity index (χ0n) is 12.1. The molecule has 0 radical (unpaired) electrons. The molecule has 108 valence electrons. The Balaban J connectivity index is 2.68. The average molecular weight is 269 g/mol. The first-order valence-electron chi connectivity index (χ1n) is 6.34. The normalized spacial score (nSPS) is 10.3. The maximum Gasteiger partial charge on any atom is 0.203 e. The Morgan fingerprint density at radius 3 is 2.11 bits per heavy atom. The van der Waals surface area contributed by atoms with E-state index in [0.29, 0.717) is 23.9 Å². The molecule has 5 nitrogen and oxygen atoms in total. The van der Waals surface area contributed by atoms with Crippen LogP contribution in [0.15, 0.2) is 12.1 Å². The number of hydrogen-bond donors (Lipinski definition) is 1. The van der Waals surface area contributed by atoms with Crippen molar-refractivity contribution in [2.75, 3.05) is 41.1 Å². The summed E-state index contributed by atoms with van der Waals surface area (Å²) in [6.07, 6.45) is 0. The molecule has 0 aromatic heterocycles. The van der Waals surface area contributed by atoms with Gasteiger partial charge in [0, 0.05) is 19.7 Å². The van der Waals surface area contributed by atoms with Crippen molar-refractivity contribution in [1.82, 2.24) is 5.32 Å². The standard InChI is InChI=1S/C14H23NO4/c1-5-19-7-6-15-10-11-8-12(16-2)14(18-4)13(9-11)17-3/h8-9,15H,5-7,10H2,1-4H3. The minimum atomic E-state index is 0.614. The fourth-order valence-corrected chi connectivity index (χ4v) is 1.76. The molecule has 1 aromatic carbocycles. The Labute approximate surface area is 114 Å². The van der Waals surface area contributed by atoms with Gasteiger partial charge in [-0.1, -0.05) is 0 Å². The van der Waals surface area contributed by atoms with Gasteiger partial charge >= 0.3 is 0 Å². The summed E-state index contributed by atoms with van der Waals surface area (Å²) in [7, 11) is 4.83. The minimum absolute atomic E-state index is 0.614. The quantitative estimate of drug-likeness (QED) is 0.693. The molecule has 0 atom stereocenters. The van der Waals surface area contributed by atoms with Crippen LogP contribution in [0.25, 0.3) is 0 Å². The molecule has 1 N–H and O–H groups in total. The summed E-state index contributed by atoms with van der Waals surface area (Å²) >= 11 is 0. The summed E-state index contributed by atoms with van der Waals surface area (Å²) in [6, 6.07) is 3.88. The van der Waals surface area contributed by atoms with E-state index in [1.54, 1.807) is 21.3 Å². The Morgan fingerprint density at radius 1 is 1.00 bits per heavy atom. The molecule has 0 spiro atoms. The van der Waals surface area contributed by atoms with Crippen LogP contribution in [0.1, 0.15) is 12.5 Å². The van der Waals surface area contributed by atoms with E-state index in [9.17, 15) is 0 Å². The van der Waals surface area contributed by atoms with Gasteiger partial charge in [-0.2, -0.15) is 0 Å². The highest BCUT2D eigenvalue weighted by molar-refractivity contribution is 5.53. The maximum atomic E-state index is 5.31. The lowest BCUT2D eigenvalue weighted by Crippen LogP contribution is -2.19. The first-order valence-corrected chi connectivity index (χ1v) is 6.34. The summed E-state index contributed by atoms with van der Waals surface area (Å²) in [6.45, 7) is 4.97. The molecule has 0 aliphatic rings. The van der Waals surface area contributed by atoms with Crippen LogP contribution in [0.2, 0.25) is 0 Å². The molecule has 0 aliphatic carbocycles. The summed E-state index contributed by atoms with van der Waals surface area (Å²) < 4.78 is 21.2. The highest BCUT2D eigenvalue weighted by Gasteiger charge is 2.12. The maximum absolute atomic E-state index is 5.31. The van der Waals surface area contributed by atoms with Gasteiger partial charge in [0.1, 0.15) is 0 Å². The van der Waals surface area contributed by atoms with Crippen molar-refractivity contribution in [2.24, 2.45) is 0 Å². The van der Waals surface area contributed by atoms with E-state index in [4.69, 9.17) is 18.9 Å². The van der Waals surface area contributed by atoms with Gasteiger partial charge in [-0.3, -0.25) is 0 Å². The minimum Gasteiger partial charge on any atom is -0.493 e. The number of ether oxygens (including phenoxy) is 4. The van der Waals surface area contributed by atoms with Gasteiger partial charge in [-0.15, -0.1) is 0 Å². The number of methoxy groups -OCH3 is 3. The molecule has 0 heterocycles. The van der Waals surface area contributed by atoms with Crippen LogP contribution in [0.3, 0.4) is 0 Å². The van der Waals surface area contributed by atoms with Gasteiger partial charge in [0.05, 0.1) is 27.9 Å². The van der Waals surface area contributed by atoms with Crippen molar-refractivity contribution in [3.8, 4) is 17.2 Å². The van der Waals surface area contributed by atoms with Crippen molar-refractivity contribution < 1.29 is 18.9 Å². The topological polar surface area (TPSA) is 49.0 Å². The monoisotopic (exact) mass is 269 g/mol. The van der Waals surface area contributed by atoms with Crippen molar-refractivity contribution in [2.45, 2.75) is 13.5 Å². The second-order valence-electron chi connectivity index (χ2n) is 3.91. The molecule has 0 bridgehead atoms. The SMILES string of the molecule is CCOCCNCc1cc(OC)c(OC)c(OC)c1. The summed E-state index contributed by atoms with van der Waals surface area (Å²) in [4.78, 5) is 0.